The van der Waals surface area contributed by atoms with E-state index in [0.717, 1.165) is 0 Å². The van der Waals surface area contributed by atoms with Crippen LogP contribution in [-0.4, -0.2) is 28.1 Å². The average molecular weight is 261 g/mol. The van der Waals surface area contributed by atoms with Gasteiger partial charge in [0.25, 0.3) is 0 Å². The summed E-state index contributed by atoms with van der Waals surface area (Å²) in [5.74, 6) is -0.861. The molecule has 0 fully saturated rings. The van der Waals surface area contributed by atoms with Gasteiger partial charge in [-0.25, -0.2) is 19.2 Å². The maximum Gasteiger partial charge on any atom is 0.354 e. The molecule has 0 atom stereocenters. The first kappa shape index (κ1) is 12.9. The summed E-state index contributed by atoms with van der Waals surface area (Å²) >= 11 is 0. The summed E-state index contributed by atoms with van der Waals surface area (Å²) in [6.07, 6.45) is 0.141. The predicted molar refractivity (Wildman–Crippen MR) is 67.7 cm³/mol. The van der Waals surface area contributed by atoms with Gasteiger partial charge in [-0.15, -0.1) is 0 Å². The number of anilines is 1. The number of carboxylic acid groups (broad SMARTS) is 1. The van der Waals surface area contributed by atoms with Crippen LogP contribution in [0.15, 0.2) is 30.3 Å². The second-order valence-electron chi connectivity index (χ2n) is 3.88. The molecular formula is C13H12FN3O2. The third-order valence-corrected chi connectivity index (χ3v) is 2.55. The van der Waals surface area contributed by atoms with E-state index in [0.29, 0.717) is 11.4 Å². The van der Waals surface area contributed by atoms with E-state index in [-0.39, 0.29) is 23.8 Å². The molecule has 0 aliphatic carbocycles. The van der Waals surface area contributed by atoms with Crippen molar-refractivity contribution in [1.82, 2.24) is 9.97 Å². The van der Waals surface area contributed by atoms with E-state index in [4.69, 9.17) is 5.11 Å². The highest BCUT2D eigenvalue weighted by Crippen LogP contribution is 2.13. The van der Waals surface area contributed by atoms with Crippen LogP contribution in [0.1, 0.15) is 21.9 Å². The minimum atomic E-state index is -1.14. The van der Waals surface area contributed by atoms with Gasteiger partial charge in [-0.2, -0.15) is 0 Å². The van der Waals surface area contributed by atoms with Crippen LogP contribution >= 0.6 is 0 Å². The monoisotopic (exact) mass is 261 g/mol. The lowest BCUT2D eigenvalue weighted by molar-refractivity contribution is 0.0690. The highest BCUT2D eigenvalue weighted by atomic mass is 19.1. The first-order valence-electron chi connectivity index (χ1n) is 5.62. The molecule has 0 radical (unpaired) electrons. The Balaban J connectivity index is 2.37. The Kier molecular flexibility index (Phi) is 3.70. The second kappa shape index (κ2) is 5.43. The van der Waals surface area contributed by atoms with Gasteiger partial charge < -0.3 is 10.4 Å². The Labute approximate surface area is 109 Å². The summed E-state index contributed by atoms with van der Waals surface area (Å²) in [5.41, 5.74) is 0.304. The fraction of sp³-hybridized carbons (Fsp3) is 0.154. The van der Waals surface area contributed by atoms with Gasteiger partial charge in [0.05, 0.1) is 0 Å². The van der Waals surface area contributed by atoms with Crippen molar-refractivity contribution in [3.8, 4) is 0 Å². The van der Waals surface area contributed by atoms with Crippen molar-refractivity contribution >= 4 is 11.8 Å². The van der Waals surface area contributed by atoms with Crippen LogP contribution in [0.4, 0.5) is 10.2 Å². The van der Waals surface area contributed by atoms with E-state index >= 15 is 0 Å². The third-order valence-electron chi connectivity index (χ3n) is 2.55. The molecule has 2 rings (SSSR count). The standard InChI is InChI=1S/C13H12FN3O2/c1-15-11-7-10(13(18)19)16-12(17-11)6-8-4-2-3-5-9(8)14/h2-5,7H,6H2,1H3,(H,18,19)(H,15,16,17). The first-order valence-corrected chi connectivity index (χ1v) is 5.62. The number of benzene rings is 1. The largest absolute Gasteiger partial charge is 0.477 e. The highest BCUT2D eigenvalue weighted by molar-refractivity contribution is 5.86. The molecule has 0 bridgehead atoms. The number of halogens is 1. The van der Waals surface area contributed by atoms with Gasteiger partial charge >= 0.3 is 5.97 Å². The number of carbonyl (C=O) groups is 1. The lowest BCUT2D eigenvalue weighted by Crippen LogP contribution is -2.08. The van der Waals surface area contributed by atoms with Crippen LogP contribution in [0, 0.1) is 5.82 Å². The number of aromatic nitrogens is 2. The quantitative estimate of drug-likeness (QED) is 0.879. The molecule has 6 heteroatoms. The van der Waals surface area contributed by atoms with Gasteiger partial charge in [-0.3, -0.25) is 0 Å². The molecule has 0 unspecified atom stereocenters. The number of aromatic carboxylic acids is 1. The summed E-state index contributed by atoms with van der Waals surface area (Å²) in [6.45, 7) is 0. The van der Waals surface area contributed by atoms with Crippen molar-refractivity contribution in [2.45, 2.75) is 6.42 Å². The molecule has 0 saturated carbocycles. The second-order valence-corrected chi connectivity index (χ2v) is 3.88. The van der Waals surface area contributed by atoms with Gasteiger partial charge in [0.15, 0.2) is 5.69 Å². The summed E-state index contributed by atoms with van der Waals surface area (Å²) in [6, 6.07) is 7.58. The normalized spacial score (nSPS) is 10.2. The summed E-state index contributed by atoms with van der Waals surface area (Å²) in [5, 5.41) is 11.7. The van der Waals surface area contributed by atoms with Gasteiger partial charge in [0, 0.05) is 19.5 Å². The van der Waals surface area contributed by atoms with Gasteiger partial charge in [-0.1, -0.05) is 18.2 Å². The van der Waals surface area contributed by atoms with Crippen molar-refractivity contribution in [2.24, 2.45) is 0 Å². The number of nitrogens with zero attached hydrogens (tertiary/aromatic N) is 2. The van der Waals surface area contributed by atoms with Crippen molar-refractivity contribution < 1.29 is 14.3 Å². The Bertz CT molecular complexity index is 617. The van der Waals surface area contributed by atoms with Crippen LogP contribution in [0.2, 0.25) is 0 Å². The van der Waals surface area contributed by atoms with E-state index in [1.807, 2.05) is 0 Å². The van der Waals surface area contributed by atoms with Crippen molar-refractivity contribution in [3.05, 3.63) is 53.2 Å². The molecule has 2 aromatic rings. The maximum absolute atomic E-state index is 13.5. The molecule has 2 N–H and O–H groups in total. The molecule has 0 spiro atoms. The smallest absolute Gasteiger partial charge is 0.354 e. The summed E-state index contributed by atoms with van der Waals surface area (Å²) in [7, 11) is 1.63. The molecule has 1 heterocycles. The minimum Gasteiger partial charge on any atom is -0.477 e. The third kappa shape index (κ3) is 3.04. The van der Waals surface area contributed by atoms with Crippen molar-refractivity contribution in [3.63, 3.8) is 0 Å². The van der Waals surface area contributed by atoms with Gasteiger partial charge in [0.2, 0.25) is 0 Å². The Hall–Kier alpha value is -2.50. The molecule has 5 nitrogen and oxygen atoms in total. The number of hydrogen-bond acceptors (Lipinski definition) is 4. The topological polar surface area (TPSA) is 75.1 Å². The van der Waals surface area contributed by atoms with Crippen LogP contribution < -0.4 is 5.32 Å². The van der Waals surface area contributed by atoms with E-state index in [1.165, 1.54) is 12.1 Å². The zero-order valence-corrected chi connectivity index (χ0v) is 10.2. The van der Waals surface area contributed by atoms with E-state index in [2.05, 4.69) is 15.3 Å². The molecule has 1 aromatic carbocycles. The average Bonchev–Trinajstić information content (AvgIpc) is 2.41. The summed E-state index contributed by atoms with van der Waals surface area (Å²) in [4.78, 5) is 19.0. The van der Waals surface area contributed by atoms with E-state index in [9.17, 15) is 9.18 Å². The van der Waals surface area contributed by atoms with Crippen molar-refractivity contribution in [1.29, 1.82) is 0 Å². The number of hydrogen-bond donors (Lipinski definition) is 2. The lowest BCUT2D eigenvalue weighted by atomic mass is 10.1. The molecule has 0 aliphatic heterocycles. The fourth-order valence-corrected chi connectivity index (χ4v) is 1.63. The van der Waals surface area contributed by atoms with Gasteiger partial charge in [-0.05, 0) is 11.6 Å². The van der Waals surface area contributed by atoms with Gasteiger partial charge in [0.1, 0.15) is 17.5 Å². The molecule has 98 valence electrons. The molecule has 0 aliphatic rings. The molecule has 0 amide bonds. The van der Waals surface area contributed by atoms with Crippen molar-refractivity contribution in [2.75, 3.05) is 12.4 Å². The molecule has 1 aromatic heterocycles. The van der Waals surface area contributed by atoms with Crippen LogP contribution in [-0.2, 0) is 6.42 Å². The van der Waals surface area contributed by atoms with Crippen LogP contribution in [0.5, 0.6) is 0 Å². The molecular weight excluding hydrogens is 249 g/mol. The number of carboxylic acids is 1. The Morgan fingerprint density at radius 2 is 2.11 bits per heavy atom. The highest BCUT2D eigenvalue weighted by Gasteiger charge is 2.11. The fourth-order valence-electron chi connectivity index (χ4n) is 1.63. The van der Waals surface area contributed by atoms with E-state index < -0.39 is 5.97 Å². The zero-order valence-electron chi connectivity index (χ0n) is 10.2. The Morgan fingerprint density at radius 1 is 1.37 bits per heavy atom. The maximum atomic E-state index is 13.5. The molecule has 0 saturated heterocycles. The number of rotatable bonds is 4. The van der Waals surface area contributed by atoms with E-state index in [1.54, 1.807) is 25.2 Å². The number of nitrogens with one attached hydrogen (secondary N) is 1. The molecule has 19 heavy (non-hydrogen) atoms. The van der Waals surface area contributed by atoms with Crippen LogP contribution in [0.3, 0.4) is 0 Å². The zero-order chi connectivity index (χ0) is 13.8. The minimum absolute atomic E-state index is 0.120. The lowest BCUT2D eigenvalue weighted by Gasteiger charge is -2.06. The SMILES string of the molecule is CNc1cc(C(=O)O)nc(Cc2ccccc2F)n1. The predicted octanol–water partition coefficient (Wildman–Crippen LogP) is 1.95. The summed E-state index contributed by atoms with van der Waals surface area (Å²) < 4.78 is 13.5. The van der Waals surface area contributed by atoms with Crippen LogP contribution in [0.25, 0.3) is 0 Å². The first-order chi connectivity index (χ1) is 9.10. The Morgan fingerprint density at radius 3 is 2.74 bits per heavy atom.